The second-order valence-corrected chi connectivity index (χ2v) is 2.82. The van der Waals surface area contributed by atoms with Crippen LogP contribution >= 0.6 is 24.8 Å². The predicted octanol–water partition coefficient (Wildman–Crippen LogP) is 1.46. The summed E-state index contributed by atoms with van der Waals surface area (Å²) in [6.45, 7) is 0. The van der Waals surface area contributed by atoms with Gasteiger partial charge in [-0.1, -0.05) is 0 Å². The lowest BCUT2D eigenvalue weighted by molar-refractivity contribution is 0.586. The lowest BCUT2D eigenvalue weighted by Crippen LogP contribution is -2.23. The molecular weight excluding hydrogens is 197 g/mol. The molecule has 0 unspecified atom stereocenters. The van der Waals surface area contributed by atoms with E-state index in [9.17, 15) is 0 Å². The molecule has 1 heterocycles. The molecule has 0 radical (unpaired) electrons. The van der Waals surface area contributed by atoms with Crippen molar-refractivity contribution in [3.05, 3.63) is 18.0 Å². The molecule has 1 aromatic heterocycles. The number of hydrogen-bond donors (Lipinski definition) is 2. The number of H-pyrrole nitrogens is 1. The number of aromatic nitrogens is 2. The molecule has 1 saturated carbocycles. The molecule has 1 fully saturated rings. The van der Waals surface area contributed by atoms with Crippen LogP contribution in [0.25, 0.3) is 0 Å². The number of nitrogens with one attached hydrogen (secondary N) is 2. The van der Waals surface area contributed by atoms with Crippen molar-refractivity contribution in [3.8, 4) is 0 Å². The van der Waals surface area contributed by atoms with Gasteiger partial charge < -0.3 is 5.32 Å². The van der Waals surface area contributed by atoms with Crippen molar-refractivity contribution in [1.82, 2.24) is 15.5 Å². The third-order valence-corrected chi connectivity index (χ3v) is 2.28. The van der Waals surface area contributed by atoms with E-state index in [2.05, 4.69) is 15.5 Å². The van der Waals surface area contributed by atoms with E-state index >= 15 is 0 Å². The fourth-order valence-electron chi connectivity index (χ4n) is 1.32. The second kappa shape index (κ2) is 4.12. The molecule has 0 spiro atoms. The molecule has 0 bridgehead atoms. The zero-order chi connectivity index (χ0) is 7.03. The van der Waals surface area contributed by atoms with E-state index in [0.29, 0.717) is 0 Å². The van der Waals surface area contributed by atoms with E-state index in [1.165, 1.54) is 18.4 Å². The van der Waals surface area contributed by atoms with Crippen molar-refractivity contribution in [3.63, 3.8) is 0 Å². The second-order valence-electron chi connectivity index (χ2n) is 2.82. The molecule has 0 saturated heterocycles. The Bertz CT molecular complexity index is 219. The highest BCUT2D eigenvalue weighted by Crippen LogP contribution is 2.44. The van der Waals surface area contributed by atoms with E-state index in [4.69, 9.17) is 0 Å². The van der Waals surface area contributed by atoms with Crippen LogP contribution in [-0.2, 0) is 5.54 Å². The van der Waals surface area contributed by atoms with Crippen LogP contribution in [0.5, 0.6) is 0 Å². The van der Waals surface area contributed by atoms with Gasteiger partial charge in [-0.05, 0) is 19.9 Å². The van der Waals surface area contributed by atoms with Crippen molar-refractivity contribution in [2.24, 2.45) is 0 Å². The maximum Gasteiger partial charge on any atom is 0.0537 e. The third kappa shape index (κ3) is 1.73. The van der Waals surface area contributed by atoms with E-state index in [1.54, 1.807) is 0 Å². The van der Waals surface area contributed by atoms with Crippen molar-refractivity contribution in [2.45, 2.75) is 18.4 Å². The first-order chi connectivity index (χ1) is 4.87. The molecule has 1 aliphatic carbocycles. The molecule has 2 rings (SSSR count). The van der Waals surface area contributed by atoms with E-state index in [0.717, 1.165) is 0 Å². The zero-order valence-corrected chi connectivity index (χ0v) is 8.47. The number of halogens is 2. The lowest BCUT2D eigenvalue weighted by Gasteiger charge is -2.09. The van der Waals surface area contributed by atoms with Crippen LogP contribution in [0.3, 0.4) is 0 Å². The Morgan fingerprint density at radius 1 is 1.50 bits per heavy atom. The summed E-state index contributed by atoms with van der Waals surface area (Å²) in [5.74, 6) is 0. The maximum atomic E-state index is 3.91. The molecule has 0 aliphatic heterocycles. The molecule has 0 atom stereocenters. The predicted molar refractivity (Wildman–Crippen MR) is 53.1 cm³/mol. The van der Waals surface area contributed by atoms with Gasteiger partial charge in [-0.25, -0.2) is 0 Å². The van der Waals surface area contributed by atoms with Crippen molar-refractivity contribution < 1.29 is 0 Å². The summed E-state index contributed by atoms with van der Waals surface area (Å²) < 4.78 is 0. The third-order valence-electron chi connectivity index (χ3n) is 2.28. The average molecular weight is 210 g/mol. The summed E-state index contributed by atoms with van der Waals surface area (Å²) in [5.41, 5.74) is 1.56. The molecule has 2 N–H and O–H groups in total. The van der Waals surface area contributed by atoms with Crippen molar-refractivity contribution in [2.75, 3.05) is 7.05 Å². The highest BCUT2D eigenvalue weighted by molar-refractivity contribution is 5.85. The van der Waals surface area contributed by atoms with Gasteiger partial charge in [0.05, 0.1) is 6.20 Å². The maximum absolute atomic E-state index is 3.91. The van der Waals surface area contributed by atoms with E-state index in [1.807, 2.05) is 19.4 Å². The number of aromatic amines is 1. The Labute approximate surface area is 84.1 Å². The highest BCUT2D eigenvalue weighted by Gasteiger charge is 2.43. The SMILES string of the molecule is CNC1(c2cn[nH]c2)CC1.Cl.Cl. The van der Waals surface area contributed by atoms with Crippen LogP contribution in [0.2, 0.25) is 0 Å². The minimum Gasteiger partial charge on any atom is -0.310 e. The first-order valence-electron chi connectivity index (χ1n) is 3.55. The van der Waals surface area contributed by atoms with Crippen LogP contribution in [0, 0.1) is 0 Å². The van der Waals surface area contributed by atoms with Gasteiger partial charge in [0.25, 0.3) is 0 Å². The largest absolute Gasteiger partial charge is 0.310 e. The number of nitrogens with zero attached hydrogens (tertiary/aromatic N) is 1. The smallest absolute Gasteiger partial charge is 0.0537 e. The summed E-state index contributed by atoms with van der Waals surface area (Å²) in [6, 6.07) is 0. The standard InChI is InChI=1S/C7H11N3.2ClH/c1-8-7(2-3-7)6-4-9-10-5-6;;/h4-5,8H,2-3H2,1H3,(H,9,10);2*1H. The molecule has 3 nitrogen and oxygen atoms in total. The molecule has 5 heteroatoms. The molecule has 1 aromatic rings. The Morgan fingerprint density at radius 2 is 2.17 bits per heavy atom. The minimum absolute atomic E-state index is 0. The molecule has 0 amide bonds. The quantitative estimate of drug-likeness (QED) is 0.775. The zero-order valence-electron chi connectivity index (χ0n) is 6.83. The fraction of sp³-hybridized carbons (Fsp3) is 0.571. The van der Waals surface area contributed by atoms with Gasteiger partial charge in [0.2, 0.25) is 0 Å². The van der Waals surface area contributed by atoms with Gasteiger partial charge in [0.1, 0.15) is 0 Å². The summed E-state index contributed by atoms with van der Waals surface area (Å²) in [6.07, 6.45) is 6.33. The van der Waals surface area contributed by atoms with Gasteiger partial charge >= 0.3 is 0 Å². The van der Waals surface area contributed by atoms with Crippen LogP contribution < -0.4 is 5.32 Å². The lowest BCUT2D eigenvalue weighted by atomic mass is 10.1. The Kier molecular flexibility index (Phi) is 4.03. The molecule has 12 heavy (non-hydrogen) atoms. The van der Waals surface area contributed by atoms with Crippen molar-refractivity contribution in [1.29, 1.82) is 0 Å². The average Bonchev–Trinajstić information content (AvgIpc) is 2.58. The van der Waals surface area contributed by atoms with Crippen LogP contribution in [-0.4, -0.2) is 17.2 Å². The summed E-state index contributed by atoms with van der Waals surface area (Å²) in [4.78, 5) is 0. The molecule has 0 aromatic carbocycles. The Hall–Kier alpha value is -0.250. The van der Waals surface area contributed by atoms with Gasteiger partial charge in [-0.2, -0.15) is 5.10 Å². The monoisotopic (exact) mass is 209 g/mol. The molecule has 1 aliphatic rings. The van der Waals surface area contributed by atoms with Crippen LogP contribution in [0.1, 0.15) is 18.4 Å². The number of hydrogen-bond acceptors (Lipinski definition) is 2. The van der Waals surface area contributed by atoms with Gasteiger partial charge in [0.15, 0.2) is 0 Å². The first-order valence-corrected chi connectivity index (χ1v) is 3.55. The summed E-state index contributed by atoms with van der Waals surface area (Å²) in [5, 5.41) is 10.0. The topological polar surface area (TPSA) is 40.7 Å². The van der Waals surface area contributed by atoms with E-state index < -0.39 is 0 Å². The summed E-state index contributed by atoms with van der Waals surface area (Å²) in [7, 11) is 2.00. The Morgan fingerprint density at radius 3 is 2.50 bits per heavy atom. The molecular formula is C7H13Cl2N3. The fourth-order valence-corrected chi connectivity index (χ4v) is 1.32. The normalized spacial score (nSPS) is 17.4. The first kappa shape index (κ1) is 11.8. The van der Waals surface area contributed by atoms with Crippen molar-refractivity contribution >= 4 is 24.8 Å². The van der Waals surface area contributed by atoms with E-state index in [-0.39, 0.29) is 30.4 Å². The van der Waals surface area contributed by atoms with Crippen LogP contribution in [0.4, 0.5) is 0 Å². The Balaban J connectivity index is 0.000000605. The van der Waals surface area contributed by atoms with Gasteiger partial charge in [-0.3, -0.25) is 5.10 Å². The minimum atomic E-state index is 0. The highest BCUT2D eigenvalue weighted by atomic mass is 35.5. The molecule has 70 valence electrons. The van der Waals surface area contributed by atoms with Crippen LogP contribution in [0.15, 0.2) is 12.4 Å². The van der Waals surface area contributed by atoms with Gasteiger partial charge in [-0.15, -0.1) is 24.8 Å². The number of rotatable bonds is 2. The van der Waals surface area contributed by atoms with Gasteiger partial charge in [0, 0.05) is 17.3 Å². The summed E-state index contributed by atoms with van der Waals surface area (Å²) >= 11 is 0.